The maximum absolute atomic E-state index is 5.36. The number of hydrogen-bond acceptors (Lipinski definition) is 3. The van der Waals surface area contributed by atoms with Crippen molar-refractivity contribution in [1.82, 2.24) is 10.2 Å². The lowest BCUT2D eigenvalue weighted by Gasteiger charge is -2.30. The topological polar surface area (TPSA) is 24.5 Å². The minimum atomic E-state index is 0.705. The van der Waals surface area contributed by atoms with Crippen molar-refractivity contribution in [2.75, 3.05) is 39.4 Å². The van der Waals surface area contributed by atoms with Crippen molar-refractivity contribution in [2.45, 2.75) is 45.1 Å². The molecule has 3 nitrogen and oxygen atoms in total. The van der Waals surface area contributed by atoms with Crippen LogP contribution in [0.15, 0.2) is 0 Å². The van der Waals surface area contributed by atoms with Crippen LogP contribution >= 0.6 is 0 Å². The highest BCUT2D eigenvalue weighted by Gasteiger charge is 2.19. The summed E-state index contributed by atoms with van der Waals surface area (Å²) in [6.45, 7) is 8.74. The molecule has 1 atom stereocenters. The van der Waals surface area contributed by atoms with Crippen molar-refractivity contribution in [3.63, 3.8) is 0 Å². The first-order valence-electron chi connectivity index (χ1n) is 7.40. The average molecular weight is 240 g/mol. The Bertz CT molecular complexity index is 198. The molecule has 1 N–H and O–H groups in total. The zero-order chi connectivity index (χ0) is 11.9. The number of ether oxygens (including phenoxy) is 1. The summed E-state index contributed by atoms with van der Waals surface area (Å²) in [4.78, 5) is 2.50. The number of rotatable bonds is 5. The minimum Gasteiger partial charge on any atom is -0.379 e. The maximum atomic E-state index is 5.36. The summed E-state index contributed by atoms with van der Waals surface area (Å²) in [5.41, 5.74) is 0. The fourth-order valence-electron chi connectivity index (χ4n) is 3.08. The van der Waals surface area contributed by atoms with E-state index < -0.39 is 0 Å². The smallest absolute Gasteiger partial charge is 0.0594 e. The molecule has 2 aliphatic rings. The molecule has 0 amide bonds. The number of nitrogens with zero attached hydrogens (tertiary/aromatic N) is 1. The molecule has 0 radical (unpaired) electrons. The lowest BCUT2D eigenvalue weighted by Crippen LogP contribution is -2.43. The Morgan fingerprint density at radius 2 is 1.88 bits per heavy atom. The third-order valence-corrected chi connectivity index (χ3v) is 4.35. The van der Waals surface area contributed by atoms with E-state index in [0.717, 1.165) is 38.8 Å². The summed E-state index contributed by atoms with van der Waals surface area (Å²) in [5.74, 6) is 0.924. The van der Waals surface area contributed by atoms with Gasteiger partial charge < -0.3 is 10.1 Å². The van der Waals surface area contributed by atoms with E-state index in [1.807, 2.05) is 0 Å². The summed E-state index contributed by atoms with van der Waals surface area (Å²) in [6.07, 6.45) is 7.22. The van der Waals surface area contributed by atoms with Crippen molar-refractivity contribution in [3.05, 3.63) is 0 Å². The normalized spacial score (nSPS) is 25.9. The highest BCUT2D eigenvalue weighted by molar-refractivity contribution is 4.76. The standard InChI is InChI=1S/C14H28N2O/c1-13(14-5-3-2-4-6-14)15-7-8-16-9-11-17-12-10-16/h13-15H,2-12H2,1H3/t13-/m1/s1. The molecule has 1 heterocycles. The van der Waals surface area contributed by atoms with Crippen molar-refractivity contribution in [2.24, 2.45) is 5.92 Å². The van der Waals surface area contributed by atoms with Gasteiger partial charge in [-0.3, -0.25) is 4.90 Å². The van der Waals surface area contributed by atoms with Crippen molar-refractivity contribution >= 4 is 0 Å². The Morgan fingerprint density at radius 1 is 1.18 bits per heavy atom. The van der Waals surface area contributed by atoms with Crippen LogP contribution in [0.3, 0.4) is 0 Å². The molecule has 1 saturated carbocycles. The molecule has 2 rings (SSSR count). The fourth-order valence-corrected chi connectivity index (χ4v) is 3.08. The van der Waals surface area contributed by atoms with Gasteiger partial charge in [-0.15, -0.1) is 0 Å². The van der Waals surface area contributed by atoms with Gasteiger partial charge in [0, 0.05) is 32.2 Å². The van der Waals surface area contributed by atoms with Crippen LogP contribution in [-0.2, 0) is 4.74 Å². The Balaban J connectivity index is 1.57. The van der Waals surface area contributed by atoms with Crippen LogP contribution in [0.1, 0.15) is 39.0 Å². The summed E-state index contributed by atoms with van der Waals surface area (Å²) in [7, 11) is 0. The summed E-state index contributed by atoms with van der Waals surface area (Å²) in [6, 6.07) is 0.705. The fraction of sp³-hybridized carbons (Fsp3) is 1.00. The van der Waals surface area contributed by atoms with Crippen molar-refractivity contribution in [3.8, 4) is 0 Å². The second-order valence-electron chi connectivity index (χ2n) is 5.59. The molecule has 0 spiro atoms. The molecule has 1 saturated heterocycles. The Hall–Kier alpha value is -0.120. The first kappa shape index (κ1) is 13.3. The van der Waals surface area contributed by atoms with Crippen LogP contribution in [0.4, 0.5) is 0 Å². The van der Waals surface area contributed by atoms with E-state index in [0.29, 0.717) is 6.04 Å². The quantitative estimate of drug-likeness (QED) is 0.794. The summed E-state index contributed by atoms with van der Waals surface area (Å²) >= 11 is 0. The van der Waals surface area contributed by atoms with E-state index in [4.69, 9.17) is 4.74 Å². The van der Waals surface area contributed by atoms with Gasteiger partial charge in [0.05, 0.1) is 13.2 Å². The monoisotopic (exact) mass is 240 g/mol. The Morgan fingerprint density at radius 3 is 2.59 bits per heavy atom. The highest BCUT2D eigenvalue weighted by Crippen LogP contribution is 2.26. The van der Waals surface area contributed by atoms with Gasteiger partial charge in [0.15, 0.2) is 0 Å². The van der Waals surface area contributed by atoms with Crippen LogP contribution in [-0.4, -0.2) is 50.3 Å². The van der Waals surface area contributed by atoms with Crippen LogP contribution in [0.5, 0.6) is 0 Å². The van der Waals surface area contributed by atoms with Crippen LogP contribution in [0, 0.1) is 5.92 Å². The van der Waals surface area contributed by atoms with Crippen LogP contribution < -0.4 is 5.32 Å². The predicted molar refractivity (Wildman–Crippen MR) is 71.3 cm³/mol. The van der Waals surface area contributed by atoms with Gasteiger partial charge in [-0.25, -0.2) is 0 Å². The molecule has 0 unspecified atom stereocenters. The summed E-state index contributed by atoms with van der Waals surface area (Å²) < 4.78 is 5.36. The Kier molecular flexibility index (Phi) is 5.75. The molecule has 3 heteroatoms. The molecule has 1 aliphatic heterocycles. The van der Waals surface area contributed by atoms with E-state index >= 15 is 0 Å². The Labute approximate surface area is 106 Å². The van der Waals surface area contributed by atoms with Gasteiger partial charge in [0.2, 0.25) is 0 Å². The molecule has 0 aromatic heterocycles. The second kappa shape index (κ2) is 7.34. The first-order valence-corrected chi connectivity index (χ1v) is 7.40. The molecular weight excluding hydrogens is 212 g/mol. The highest BCUT2D eigenvalue weighted by atomic mass is 16.5. The second-order valence-corrected chi connectivity index (χ2v) is 5.59. The summed E-state index contributed by atoms with van der Waals surface area (Å²) in [5, 5.41) is 3.72. The predicted octanol–water partition coefficient (Wildman–Crippen LogP) is 1.88. The lowest BCUT2D eigenvalue weighted by atomic mass is 9.84. The van der Waals surface area contributed by atoms with Gasteiger partial charge in [0.25, 0.3) is 0 Å². The number of morpholine rings is 1. The lowest BCUT2D eigenvalue weighted by molar-refractivity contribution is 0.0378. The first-order chi connectivity index (χ1) is 8.36. The molecule has 0 aromatic rings. The molecule has 2 fully saturated rings. The van der Waals surface area contributed by atoms with Gasteiger partial charge in [0.1, 0.15) is 0 Å². The van der Waals surface area contributed by atoms with Crippen LogP contribution in [0.2, 0.25) is 0 Å². The zero-order valence-electron chi connectivity index (χ0n) is 11.3. The van der Waals surface area contributed by atoms with E-state index in [1.165, 1.54) is 38.6 Å². The maximum Gasteiger partial charge on any atom is 0.0594 e. The molecule has 0 bridgehead atoms. The third kappa shape index (κ3) is 4.57. The van der Waals surface area contributed by atoms with Crippen LogP contribution in [0.25, 0.3) is 0 Å². The molecule has 100 valence electrons. The zero-order valence-corrected chi connectivity index (χ0v) is 11.3. The largest absolute Gasteiger partial charge is 0.379 e. The van der Waals surface area contributed by atoms with Gasteiger partial charge in [-0.05, 0) is 25.7 Å². The molecule has 17 heavy (non-hydrogen) atoms. The molecule has 0 aromatic carbocycles. The number of hydrogen-bond donors (Lipinski definition) is 1. The van der Waals surface area contributed by atoms with E-state index in [-0.39, 0.29) is 0 Å². The van der Waals surface area contributed by atoms with E-state index in [9.17, 15) is 0 Å². The van der Waals surface area contributed by atoms with E-state index in [2.05, 4.69) is 17.1 Å². The molecule has 1 aliphatic carbocycles. The third-order valence-electron chi connectivity index (χ3n) is 4.35. The number of nitrogens with one attached hydrogen (secondary N) is 1. The van der Waals surface area contributed by atoms with Crippen molar-refractivity contribution < 1.29 is 4.74 Å². The average Bonchev–Trinajstić information content (AvgIpc) is 2.41. The van der Waals surface area contributed by atoms with Gasteiger partial charge in [-0.1, -0.05) is 19.3 Å². The van der Waals surface area contributed by atoms with E-state index in [1.54, 1.807) is 0 Å². The van der Waals surface area contributed by atoms with Crippen molar-refractivity contribution in [1.29, 1.82) is 0 Å². The molecular formula is C14H28N2O. The van der Waals surface area contributed by atoms with Gasteiger partial charge >= 0.3 is 0 Å². The van der Waals surface area contributed by atoms with Gasteiger partial charge in [-0.2, -0.15) is 0 Å². The minimum absolute atomic E-state index is 0.705. The SMILES string of the molecule is C[C@@H](NCCN1CCOCC1)C1CCCCC1.